The molecule has 10 nitrogen and oxygen atoms in total. The van der Waals surface area contributed by atoms with E-state index in [9.17, 15) is 9.59 Å². The fourth-order valence-electron chi connectivity index (χ4n) is 4.72. The summed E-state index contributed by atoms with van der Waals surface area (Å²) in [6, 6.07) is 14.6. The smallest absolute Gasteiger partial charge is 0.240 e. The number of amides is 2. The molecule has 2 heterocycles. The summed E-state index contributed by atoms with van der Waals surface area (Å²) in [7, 11) is 0. The lowest BCUT2D eigenvalue weighted by Gasteiger charge is -2.23. The number of ether oxygens (including phenoxy) is 4. The van der Waals surface area contributed by atoms with Gasteiger partial charge in [-0.05, 0) is 50.1 Å². The van der Waals surface area contributed by atoms with Crippen LogP contribution in [0.2, 0.25) is 0 Å². The fraction of sp³-hybridized carbons (Fsp3) is 0.258. The SMILES string of the molecule is Cc1ccc(NC(=O)C2(C(=O)Nc3ccc(Oc4ccnc5cc(OCCO)c6c(c45)OCCO6)c(F)c3)CC2)cc1. The van der Waals surface area contributed by atoms with E-state index >= 15 is 4.39 Å². The molecular weight excluding hydrogens is 545 g/mol. The number of aryl methyl sites for hydroxylation is 1. The van der Waals surface area contributed by atoms with Crippen molar-refractivity contribution in [1.29, 1.82) is 0 Å². The minimum absolute atomic E-state index is 0.0597. The summed E-state index contributed by atoms with van der Waals surface area (Å²) in [6.45, 7) is 2.42. The van der Waals surface area contributed by atoms with Crippen LogP contribution < -0.4 is 29.6 Å². The summed E-state index contributed by atoms with van der Waals surface area (Å²) < 4.78 is 38.4. The van der Waals surface area contributed by atoms with E-state index in [1.54, 1.807) is 24.3 Å². The maximum Gasteiger partial charge on any atom is 0.240 e. The molecule has 2 aliphatic rings. The molecule has 42 heavy (non-hydrogen) atoms. The second kappa shape index (κ2) is 11.2. The van der Waals surface area contributed by atoms with Crippen LogP contribution in [0.1, 0.15) is 18.4 Å². The highest BCUT2D eigenvalue weighted by Gasteiger charge is 2.56. The molecule has 216 valence electrons. The van der Waals surface area contributed by atoms with Crippen molar-refractivity contribution in [3.63, 3.8) is 0 Å². The van der Waals surface area contributed by atoms with E-state index in [1.165, 1.54) is 18.3 Å². The lowest BCUT2D eigenvalue weighted by molar-refractivity contribution is -0.131. The van der Waals surface area contributed by atoms with Crippen molar-refractivity contribution in [2.45, 2.75) is 19.8 Å². The van der Waals surface area contributed by atoms with Crippen molar-refractivity contribution in [1.82, 2.24) is 4.98 Å². The number of nitrogens with one attached hydrogen (secondary N) is 2. The van der Waals surface area contributed by atoms with Crippen molar-refractivity contribution in [3.8, 4) is 28.7 Å². The molecule has 2 amide bonds. The van der Waals surface area contributed by atoms with Crippen LogP contribution in [0, 0.1) is 18.2 Å². The van der Waals surface area contributed by atoms with E-state index in [1.807, 2.05) is 19.1 Å². The molecule has 3 aromatic carbocycles. The molecule has 1 aliphatic heterocycles. The molecule has 11 heteroatoms. The third-order valence-corrected chi connectivity index (χ3v) is 7.13. The molecule has 1 saturated carbocycles. The predicted molar refractivity (Wildman–Crippen MR) is 152 cm³/mol. The molecule has 0 bridgehead atoms. The van der Waals surface area contributed by atoms with Gasteiger partial charge in [-0.3, -0.25) is 14.6 Å². The molecule has 4 aromatic rings. The summed E-state index contributed by atoms with van der Waals surface area (Å²) in [5, 5.41) is 15.1. The number of hydrogen-bond acceptors (Lipinski definition) is 8. The number of benzene rings is 3. The Morgan fingerprint density at radius 1 is 0.929 bits per heavy atom. The van der Waals surface area contributed by atoms with Crippen molar-refractivity contribution in [3.05, 3.63) is 72.2 Å². The summed E-state index contributed by atoms with van der Waals surface area (Å²) in [4.78, 5) is 30.3. The highest BCUT2D eigenvalue weighted by atomic mass is 19.1. The number of hydrogen-bond donors (Lipinski definition) is 3. The summed E-state index contributed by atoms with van der Waals surface area (Å²) in [5.74, 6) is -0.377. The first-order valence-electron chi connectivity index (χ1n) is 13.5. The number of aliphatic hydroxyl groups is 1. The topological polar surface area (TPSA) is 128 Å². The van der Waals surface area contributed by atoms with E-state index in [0.29, 0.717) is 53.3 Å². The molecular formula is C31H28FN3O7. The molecule has 0 saturated heterocycles. The Kier molecular flexibility index (Phi) is 7.26. The molecule has 0 atom stereocenters. The van der Waals surface area contributed by atoms with Crippen LogP contribution in [-0.2, 0) is 9.59 Å². The van der Waals surface area contributed by atoms with Gasteiger partial charge in [0.15, 0.2) is 23.1 Å². The van der Waals surface area contributed by atoms with Gasteiger partial charge in [0, 0.05) is 29.7 Å². The number of aromatic nitrogens is 1. The average molecular weight is 574 g/mol. The van der Waals surface area contributed by atoms with Crippen LogP contribution in [0.15, 0.2) is 60.8 Å². The number of nitrogens with zero attached hydrogens (tertiary/aromatic N) is 1. The van der Waals surface area contributed by atoms with E-state index in [-0.39, 0.29) is 37.0 Å². The molecule has 3 N–H and O–H groups in total. The Bertz CT molecular complexity index is 1670. The molecule has 6 rings (SSSR count). The Hall–Kier alpha value is -4.90. The Labute approximate surface area is 240 Å². The first-order valence-corrected chi connectivity index (χ1v) is 13.5. The van der Waals surface area contributed by atoms with Gasteiger partial charge < -0.3 is 34.7 Å². The van der Waals surface area contributed by atoms with Gasteiger partial charge in [-0.2, -0.15) is 0 Å². The standard InChI is InChI=1S/C31H28FN3O7/c1-18-2-4-19(5-3-18)34-29(37)31(9-10-31)30(38)35-20-6-7-23(21(32)16-20)42-24-8-11-33-22-17-25(39-13-12-36)27-28(26(22)24)41-15-14-40-27/h2-8,11,16-17,36H,9-10,12-15H2,1H3,(H,34,37)(H,35,38). The van der Waals surface area contributed by atoms with E-state index in [2.05, 4.69) is 15.6 Å². The zero-order valence-electron chi connectivity index (χ0n) is 22.7. The monoisotopic (exact) mass is 573 g/mol. The van der Waals surface area contributed by atoms with Crippen LogP contribution in [0.3, 0.4) is 0 Å². The molecule has 1 aliphatic carbocycles. The maximum atomic E-state index is 15.2. The fourth-order valence-corrected chi connectivity index (χ4v) is 4.72. The van der Waals surface area contributed by atoms with Gasteiger partial charge in [0.25, 0.3) is 0 Å². The zero-order valence-corrected chi connectivity index (χ0v) is 22.7. The minimum Gasteiger partial charge on any atom is -0.487 e. The second-order valence-electron chi connectivity index (χ2n) is 10.1. The summed E-state index contributed by atoms with van der Waals surface area (Å²) >= 11 is 0. The van der Waals surface area contributed by atoms with Gasteiger partial charge in [-0.25, -0.2) is 4.39 Å². The van der Waals surface area contributed by atoms with Crippen molar-refractivity contribution in [2.75, 3.05) is 37.1 Å². The first kappa shape index (κ1) is 27.3. The van der Waals surface area contributed by atoms with Crippen LogP contribution in [0.25, 0.3) is 10.9 Å². The Morgan fingerprint density at radius 3 is 2.31 bits per heavy atom. The van der Waals surface area contributed by atoms with Crippen molar-refractivity contribution < 1.29 is 38.0 Å². The molecule has 0 unspecified atom stereocenters. The second-order valence-corrected chi connectivity index (χ2v) is 10.1. The van der Waals surface area contributed by atoms with Crippen LogP contribution in [0.5, 0.6) is 28.7 Å². The van der Waals surface area contributed by atoms with Gasteiger partial charge in [-0.15, -0.1) is 0 Å². The van der Waals surface area contributed by atoms with Gasteiger partial charge in [0.1, 0.15) is 31.0 Å². The Balaban J connectivity index is 1.20. The third-order valence-electron chi connectivity index (χ3n) is 7.13. The zero-order chi connectivity index (χ0) is 29.3. The normalized spacial score (nSPS) is 14.6. The molecule has 1 aromatic heterocycles. The summed E-state index contributed by atoms with van der Waals surface area (Å²) in [6.07, 6.45) is 2.31. The molecule has 0 radical (unpaired) electrons. The number of carbonyl (C=O) groups is 2. The minimum atomic E-state index is -1.20. The lowest BCUT2D eigenvalue weighted by Crippen LogP contribution is -2.35. The average Bonchev–Trinajstić information content (AvgIpc) is 3.81. The number of halogens is 1. The number of pyridine rings is 1. The van der Waals surface area contributed by atoms with E-state index < -0.39 is 23.0 Å². The Morgan fingerprint density at radius 2 is 1.62 bits per heavy atom. The van der Waals surface area contributed by atoms with E-state index in [4.69, 9.17) is 24.1 Å². The largest absolute Gasteiger partial charge is 0.487 e. The van der Waals surface area contributed by atoms with E-state index in [0.717, 1.165) is 11.6 Å². The van der Waals surface area contributed by atoms with Crippen LogP contribution in [-0.4, -0.2) is 48.3 Å². The highest BCUT2D eigenvalue weighted by molar-refractivity contribution is 6.16. The highest BCUT2D eigenvalue weighted by Crippen LogP contribution is 2.49. The lowest BCUT2D eigenvalue weighted by atomic mass is 10.0. The number of carbonyl (C=O) groups excluding carboxylic acids is 2. The molecule has 0 spiro atoms. The summed E-state index contributed by atoms with van der Waals surface area (Å²) in [5.41, 5.74) is 1.12. The third kappa shape index (κ3) is 5.26. The maximum absolute atomic E-state index is 15.2. The van der Waals surface area contributed by atoms with Gasteiger partial charge in [0.2, 0.25) is 17.6 Å². The number of rotatable bonds is 9. The predicted octanol–water partition coefficient (Wildman–Crippen LogP) is 4.97. The number of anilines is 2. The van der Waals surface area contributed by atoms with Gasteiger partial charge >= 0.3 is 0 Å². The van der Waals surface area contributed by atoms with Crippen molar-refractivity contribution >= 4 is 34.1 Å². The van der Waals surface area contributed by atoms with Crippen LogP contribution >= 0.6 is 0 Å². The quantitative estimate of drug-likeness (QED) is 0.240. The van der Waals surface area contributed by atoms with Crippen molar-refractivity contribution in [2.24, 2.45) is 5.41 Å². The molecule has 1 fully saturated rings. The number of aliphatic hydroxyl groups excluding tert-OH is 1. The number of fused-ring (bicyclic) bond motifs is 3. The van der Waals surface area contributed by atoms with Gasteiger partial charge in [0.05, 0.1) is 17.5 Å². The first-order chi connectivity index (χ1) is 20.4. The van der Waals surface area contributed by atoms with Gasteiger partial charge in [-0.1, -0.05) is 17.7 Å². The van der Waals surface area contributed by atoms with Crippen LogP contribution in [0.4, 0.5) is 15.8 Å².